The van der Waals surface area contributed by atoms with Gasteiger partial charge in [0.25, 0.3) is 11.8 Å². The van der Waals surface area contributed by atoms with Gasteiger partial charge in [0.15, 0.2) is 6.61 Å². The first-order chi connectivity index (χ1) is 15.2. The van der Waals surface area contributed by atoms with Crippen LogP contribution in [0.3, 0.4) is 0 Å². The van der Waals surface area contributed by atoms with Crippen LogP contribution in [0, 0.1) is 12.8 Å². The van der Waals surface area contributed by atoms with Crippen molar-refractivity contribution in [1.29, 1.82) is 0 Å². The topological polar surface area (TPSA) is 111 Å². The standard InChI is InChI=1S/C24H28N2O6/c1-5-31-23(29)17-10-12-18(13-11-17)25-20(27)14-32-24(30)21(15(2)3)26-22(28)19-9-7-6-8-16(19)4/h6-13,15,21H,5,14H2,1-4H3,(H,25,27)(H,26,28)/t21-/m0/s1. The highest BCUT2D eigenvalue weighted by molar-refractivity contribution is 5.98. The number of amides is 2. The number of ether oxygens (including phenoxy) is 2. The molecule has 0 saturated heterocycles. The minimum absolute atomic E-state index is 0.242. The van der Waals surface area contributed by atoms with Gasteiger partial charge in [-0.2, -0.15) is 0 Å². The van der Waals surface area contributed by atoms with E-state index in [1.807, 2.05) is 6.07 Å². The second kappa shape index (κ2) is 11.6. The van der Waals surface area contributed by atoms with Crippen molar-refractivity contribution < 1.29 is 28.7 Å². The van der Waals surface area contributed by atoms with Crippen LogP contribution in [0.1, 0.15) is 47.1 Å². The van der Waals surface area contributed by atoms with Crippen LogP contribution in [0.5, 0.6) is 0 Å². The molecular formula is C24H28N2O6. The molecule has 32 heavy (non-hydrogen) atoms. The van der Waals surface area contributed by atoms with E-state index in [1.165, 1.54) is 12.1 Å². The number of carbonyl (C=O) groups excluding carboxylic acids is 4. The Bertz CT molecular complexity index is 969. The summed E-state index contributed by atoms with van der Waals surface area (Å²) in [6.45, 7) is 6.82. The average molecular weight is 440 g/mol. The monoisotopic (exact) mass is 440 g/mol. The average Bonchev–Trinajstić information content (AvgIpc) is 2.76. The molecule has 1 atom stereocenters. The van der Waals surface area contributed by atoms with E-state index in [-0.39, 0.29) is 18.4 Å². The van der Waals surface area contributed by atoms with E-state index < -0.39 is 30.5 Å². The quantitative estimate of drug-likeness (QED) is 0.580. The number of hydrogen-bond donors (Lipinski definition) is 2. The van der Waals surface area contributed by atoms with Crippen LogP contribution < -0.4 is 10.6 Å². The molecule has 0 bridgehead atoms. The molecule has 0 unspecified atom stereocenters. The lowest BCUT2D eigenvalue weighted by atomic mass is 10.0. The number of aryl methyl sites for hydroxylation is 1. The minimum Gasteiger partial charge on any atom is -0.462 e. The van der Waals surface area contributed by atoms with Gasteiger partial charge < -0.3 is 20.1 Å². The van der Waals surface area contributed by atoms with E-state index >= 15 is 0 Å². The van der Waals surface area contributed by atoms with Gasteiger partial charge in [0.05, 0.1) is 12.2 Å². The summed E-state index contributed by atoms with van der Waals surface area (Å²) in [7, 11) is 0. The van der Waals surface area contributed by atoms with Crippen LogP contribution in [-0.4, -0.2) is 43.0 Å². The molecule has 170 valence electrons. The van der Waals surface area contributed by atoms with Gasteiger partial charge in [0.2, 0.25) is 0 Å². The summed E-state index contributed by atoms with van der Waals surface area (Å²) < 4.78 is 10.0. The lowest BCUT2D eigenvalue weighted by Crippen LogP contribution is -2.46. The maximum atomic E-state index is 12.5. The van der Waals surface area contributed by atoms with Crippen molar-refractivity contribution in [2.24, 2.45) is 5.92 Å². The molecule has 2 aromatic rings. The molecule has 0 saturated carbocycles. The molecule has 0 aliphatic carbocycles. The fourth-order valence-corrected chi connectivity index (χ4v) is 2.87. The summed E-state index contributed by atoms with van der Waals surface area (Å²) in [4.78, 5) is 48.9. The van der Waals surface area contributed by atoms with Crippen molar-refractivity contribution in [2.45, 2.75) is 33.7 Å². The van der Waals surface area contributed by atoms with Gasteiger partial charge in [0.1, 0.15) is 6.04 Å². The second-order valence-corrected chi connectivity index (χ2v) is 7.46. The molecule has 2 rings (SSSR count). The normalized spacial score (nSPS) is 11.4. The molecule has 0 heterocycles. The van der Waals surface area contributed by atoms with E-state index in [0.717, 1.165) is 5.56 Å². The number of esters is 2. The molecule has 0 spiro atoms. The Hall–Kier alpha value is -3.68. The molecular weight excluding hydrogens is 412 g/mol. The smallest absolute Gasteiger partial charge is 0.338 e. The number of carbonyl (C=O) groups is 4. The zero-order valence-electron chi connectivity index (χ0n) is 18.6. The van der Waals surface area contributed by atoms with Crippen molar-refractivity contribution in [3.8, 4) is 0 Å². The molecule has 8 heteroatoms. The number of benzene rings is 2. The predicted molar refractivity (Wildman–Crippen MR) is 119 cm³/mol. The van der Waals surface area contributed by atoms with E-state index in [9.17, 15) is 19.2 Å². The zero-order valence-corrected chi connectivity index (χ0v) is 18.6. The minimum atomic E-state index is -0.904. The van der Waals surface area contributed by atoms with Crippen molar-refractivity contribution in [1.82, 2.24) is 5.32 Å². The third-order valence-electron chi connectivity index (χ3n) is 4.62. The van der Waals surface area contributed by atoms with E-state index in [0.29, 0.717) is 16.8 Å². The van der Waals surface area contributed by atoms with Gasteiger partial charge in [-0.1, -0.05) is 32.0 Å². The molecule has 8 nitrogen and oxygen atoms in total. The summed E-state index contributed by atoms with van der Waals surface area (Å²) in [5.41, 5.74) is 2.05. The first kappa shape index (κ1) is 24.6. The third-order valence-corrected chi connectivity index (χ3v) is 4.62. The van der Waals surface area contributed by atoms with Gasteiger partial charge in [-0.05, 0) is 55.7 Å². The van der Waals surface area contributed by atoms with Gasteiger partial charge in [0, 0.05) is 11.3 Å². The fourth-order valence-electron chi connectivity index (χ4n) is 2.87. The summed E-state index contributed by atoms with van der Waals surface area (Å²) in [5.74, 6) is -2.32. The Morgan fingerprint density at radius 3 is 2.19 bits per heavy atom. The molecule has 2 aromatic carbocycles. The Morgan fingerprint density at radius 1 is 0.938 bits per heavy atom. The summed E-state index contributed by atoms with van der Waals surface area (Å²) in [6.07, 6.45) is 0. The van der Waals surface area contributed by atoms with Crippen LogP contribution in [0.25, 0.3) is 0 Å². The largest absolute Gasteiger partial charge is 0.462 e. The van der Waals surface area contributed by atoms with Crippen molar-refractivity contribution in [3.05, 3.63) is 65.2 Å². The summed E-state index contributed by atoms with van der Waals surface area (Å²) >= 11 is 0. The number of nitrogens with one attached hydrogen (secondary N) is 2. The molecule has 0 fully saturated rings. The van der Waals surface area contributed by atoms with E-state index in [4.69, 9.17) is 9.47 Å². The Balaban J connectivity index is 1.91. The molecule has 0 aliphatic rings. The Kier molecular flexibility index (Phi) is 8.95. The van der Waals surface area contributed by atoms with Crippen LogP contribution in [0.15, 0.2) is 48.5 Å². The third kappa shape index (κ3) is 6.94. The highest BCUT2D eigenvalue weighted by atomic mass is 16.5. The molecule has 2 amide bonds. The highest BCUT2D eigenvalue weighted by Gasteiger charge is 2.27. The maximum Gasteiger partial charge on any atom is 0.338 e. The van der Waals surface area contributed by atoms with Gasteiger partial charge in [-0.15, -0.1) is 0 Å². The van der Waals surface area contributed by atoms with E-state index in [2.05, 4.69) is 10.6 Å². The number of anilines is 1. The first-order valence-electron chi connectivity index (χ1n) is 10.3. The maximum absolute atomic E-state index is 12.5. The predicted octanol–water partition coefficient (Wildman–Crippen LogP) is 3.11. The van der Waals surface area contributed by atoms with Crippen LogP contribution >= 0.6 is 0 Å². The second-order valence-electron chi connectivity index (χ2n) is 7.46. The van der Waals surface area contributed by atoms with E-state index in [1.54, 1.807) is 58.0 Å². The number of rotatable bonds is 9. The lowest BCUT2D eigenvalue weighted by Gasteiger charge is -2.21. The summed E-state index contributed by atoms with van der Waals surface area (Å²) in [5, 5.41) is 5.27. The van der Waals surface area contributed by atoms with Crippen LogP contribution in [0.4, 0.5) is 5.69 Å². The van der Waals surface area contributed by atoms with Crippen molar-refractivity contribution >= 4 is 29.4 Å². The zero-order chi connectivity index (χ0) is 23.7. The van der Waals surface area contributed by atoms with Crippen LogP contribution in [0.2, 0.25) is 0 Å². The van der Waals surface area contributed by atoms with Gasteiger partial charge >= 0.3 is 11.9 Å². The SMILES string of the molecule is CCOC(=O)c1ccc(NC(=O)COC(=O)[C@@H](NC(=O)c2ccccc2C)C(C)C)cc1. The first-order valence-corrected chi connectivity index (χ1v) is 10.3. The molecule has 2 N–H and O–H groups in total. The molecule has 0 aromatic heterocycles. The Labute approximate surface area is 187 Å². The summed E-state index contributed by atoms with van der Waals surface area (Å²) in [6, 6.07) is 12.3. The lowest BCUT2D eigenvalue weighted by molar-refractivity contribution is -0.150. The van der Waals surface area contributed by atoms with Gasteiger partial charge in [-0.3, -0.25) is 9.59 Å². The fraction of sp³-hybridized carbons (Fsp3) is 0.333. The van der Waals surface area contributed by atoms with Crippen molar-refractivity contribution in [3.63, 3.8) is 0 Å². The number of hydrogen-bond acceptors (Lipinski definition) is 6. The van der Waals surface area contributed by atoms with Crippen LogP contribution in [-0.2, 0) is 19.1 Å². The highest BCUT2D eigenvalue weighted by Crippen LogP contribution is 2.12. The van der Waals surface area contributed by atoms with Gasteiger partial charge in [-0.25, -0.2) is 9.59 Å². The molecule has 0 aliphatic heterocycles. The molecule has 0 radical (unpaired) electrons. The van der Waals surface area contributed by atoms with Crippen molar-refractivity contribution in [2.75, 3.05) is 18.5 Å². The Morgan fingerprint density at radius 2 is 1.59 bits per heavy atom.